The van der Waals surface area contributed by atoms with Crippen LogP contribution in [0.4, 0.5) is 0 Å². The number of aliphatic hydroxyl groups is 11. The molecular weight excluding hydrogens is 1110 g/mol. The molecule has 0 radical (unpaired) electrons. The van der Waals surface area contributed by atoms with Gasteiger partial charge in [0.1, 0.15) is 73.2 Å². The summed E-state index contributed by atoms with van der Waals surface area (Å²) < 4.78 is 34.1. The van der Waals surface area contributed by atoms with E-state index < -0.39 is 124 Å². The molecule has 17 unspecified atom stereocenters. The Hall–Kier alpha value is -1.47. The summed E-state index contributed by atoms with van der Waals surface area (Å²) >= 11 is 0. The van der Waals surface area contributed by atoms with Gasteiger partial charge in [0.15, 0.2) is 18.9 Å². The quantitative estimate of drug-likeness (QED) is 0.0200. The highest BCUT2D eigenvalue weighted by molar-refractivity contribution is 5.76. The molecule has 1 amide bonds. The third kappa shape index (κ3) is 32.2. The van der Waals surface area contributed by atoms with Crippen LogP contribution in [-0.4, -0.2) is 193 Å². The molecule has 0 spiro atoms. The first kappa shape index (κ1) is 78.8. The monoisotopic (exact) mass is 1230 g/mol. The van der Waals surface area contributed by atoms with Gasteiger partial charge in [-0.3, -0.25) is 4.79 Å². The molecule has 3 rings (SSSR count). The number of amides is 1. The predicted octanol–water partition coefficient (Wildman–Crippen LogP) is 8.89. The maximum Gasteiger partial charge on any atom is 0.220 e. The summed E-state index contributed by atoms with van der Waals surface area (Å²) in [4.78, 5) is 13.2. The summed E-state index contributed by atoms with van der Waals surface area (Å²) in [5.41, 5.74) is 0. The van der Waals surface area contributed by atoms with Crippen molar-refractivity contribution in [2.45, 2.75) is 381 Å². The average Bonchev–Trinajstić information content (AvgIpc) is 3.71. The van der Waals surface area contributed by atoms with Gasteiger partial charge in [-0.1, -0.05) is 264 Å². The molecule has 3 aliphatic rings. The Morgan fingerprint density at radius 1 is 0.407 bits per heavy atom. The lowest BCUT2D eigenvalue weighted by atomic mass is 9.96. The summed E-state index contributed by atoms with van der Waals surface area (Å²) in [6, 6.07) is -0.965. The van der Waals surface area contributed by atoms with E-state index >= 15 is 0 Å². The van der Waals surface area contributed by atoms with E-state index in [-0.39, 0.29) is 18.9 Å². The minimum Gasteiger partial charge on any atom is -0.394 e. The number of rotatable bonds is 54. The summed E-state index contributed by atoms with van der Waals surface area (Å²) in [6.45, 7) is 1.62. The van der Waals surface area contributed by atoms with Crippen molar-refractivity contribution in [3.05, 3.63) is 12.2 Å². The second-order valence-corrected chi connectivity index (χ2v) is 25.4. The molecule has 12 N–H and O–H groups in total. The van der Waals surface area contributed by atoms with Crippen LogP contribution in [0.5, 0.6) is 0 Å². The Morgan fingerprint density at radius 3 is 1.09 bits per heavy atom. The number of ether oxygens (including phenoxy) is 6. The van der Waals surface area contributed by atoms with E-state index in [1.165, 1.54) is 205 Å². The first-order chi connectivity index (χ1) is 41.8. The number of allylic oxidation sites excluding steroid dienone is 1. The largest absolute Gasteiger partial charge is 0.394 e. The molecule has 19 heteroatoms. The molecular formula is C67H127NO18. The van der Waals surface area contributed by atoms with Gasteiger partial charge in [0.2, 0.25) is 5.91 Å². The minimum absolute atomic E-state index is 0.248. The summed E-state index contributed by atoms with van der Waals surface area (Å²) in [6.07, 6.45) is 29.0. The molecule has 0 aromatic rings. The third-order valence-electron chi connectivity index (χ3n) is 17.8. The Kier molecular flexibility index (Phi) is 45.9. The lowest BCUT2D eigenvalue weighted by Crippen LogP contribution is -2.66. The molecule has 86 heavy (non-hydrogen) atoms. The molecule has 0 bridgehead atoms. The van der Waals surface area contributed by atoms with Gasteiger partial charge in [-0.2, -0.15) is 0 Å². The van der Waals surface area contributed by atoms with Crippen molar-refractivity contribution in [3.8, 4) is 0 Å². The van der Waals surface area contributed by atoms with Crippen molar-refractivity contribution in [2.24, 2.45) is 0 Å². The van der Waals surface area contributed by atoms with Crippen molar-refractivity contribution in [3.63, 3.8) is 0 Å². The average molecular weight is 1230 g/mol. The number of nitrogens with one attached hydrogen (secondary N) is 1. The van der Waals surface area contributed by atoms with E-state index in [4.69, 9.17) is 28.4 Å². The van der Waals surface area contributed by atoms with Gasteiger partial charge in [-0.15, -0.1) is 0 Å². The zero-order valence-electron chi connectivity index (χ0n) is 53.6. The summed E-state index contributed by atoms with van der Waals surface area (Å²) in [7, 11) is 0. The number of carbonyl (C=O) groups is 1. The zero-order valence-corrected chi connectivity index (χ0v) is 53.6. The lowest BCUT2D eigenvalue weighted by molar-refractivity contribution is -0.379. The fourth-order valence-corrected chi connectivity index (χ4v) is 12.1. The smallest absolute Gasteiger partial charge is 0.220 e. The molecule has 3 heterocycles. The van der Waals surface area contributed by atoms with Gasteiger partial charge in [-0.05, 0) is 19.3 Å². The normalized spacial score (nSPS) is 28.8. The Bertz CT molecular complexity index is 1620. The highest BCUT2D eigenvalue weighted by Gasteiger charge is 2.53. The van der Waals surface area contributed by atoms with Gasteiger partial charge >= 0.3 is 0 Å². The minimum atomic E-state index is -1.97. The molecule has 508 valence electrons. The van der Waals surface area contributed by atoms with Crippen LogP contribution in [0.1, 0.15) is 277 Å². The first-order valence-electron chi connectivity index (χ1n) is 34.9. The van der Waals surface area contributed by atoms with Crippen molar-refractivity contribution in [2.75, 3.05) is 26.4 Å². The van der Waals surface area contributed by atoms with Crippen LogP contribution in [-0.2, 0) is 33.2 Å². The summed E-state index contributed by atoms with van der Waals surface area (Å²) in [5.74, 6) is -0.278. The lowest BCUT2D eigenvalue weighted by Gasteiger charge is -2.48. The molecule has 19 nitrogen and oxygen atoms in total. The molecule has 17 atom stereocenters. The van der Waals surface area contributed by atoms with Crippen LogP contribution >= 0.6 is 0 Å². The van der Waals surface area contributed by atoms with Gasteiger partial charge in [-0.25, -0.2) is 0 Å². The second-order valence-electron chi connectivity index (χ2n) is 25.4. The Labute approximate surface area is 518 Å². The standard InChI is InChI=1S/C67H127NO18/c1-3-5-7-9-10-11-12-13-14-15-16-17-18-19-20-21-22-23-24-25-26-27-28-29-30-31-32-33-34-35-36-37-38-39-41-43-45-55(73)68-50(51(72)44-42-40-8-6-4-2)49-81-65-61(79)58(76)63(53(47-70)83-65)86-67-62(80)59(77)64(54(48-71)84-67)85-66-60(78)57(75)56(74)52(46-69)82-66/h42,44,50-54,56-67,69-72,74-80H,3-41,43,45-49H2,1-2H3,(H,68,73)/b44-42+. The summed E-state index contributed by atoms with van der Waals surface area (Å²) in [5, 5.41) is 120. The highest BCUT2D eigenvalue weighted by Crippen LogP contribution is 2.33. The van der Waals surface area contributed by atoms with Crippen LogP contribution < -0.4 is 5.32 Å². The zero-order chi connectivity index (χ0) is 62.6. The second kappa shape index (κ2) is 50.1. The fraction of sp³-hybridized carbons (Fsp3) is 0.955. The number of hydrogen-bond donors (Lipinski definition) is 12. The van der Waals surface area contributed by atoms with E-state index in [0.29, 0.717) is 6.42 Å². The van der Waals surface area contributed by atoms with Crippen molar-refractivity contribution in [1.29, 1.82) is 0 Å². The number of hydrogen-bond acceptors (Lipinski definition) is 18. The molecule has 0 saturated carbocycles. The molecule has 0 aliphatic carbocycles. The van der Waals surface area contributed by atoms with E-state index in [9.17, 15) is 61.0 Å². The number of aliphatic hydroxyl groups excluding tert-OH is 11. The Morgan fingerprint density at radius 2 is 0.721 bits per heavy atom. The van der Waals surface area contributed by atoms with E-state index in [2.05, 4.69) is 19.2 Å². The van der Waals surface area contributed by atoms with Gasteiger partial charge in [0.25, 0.3) is 0 Å². The topological polar surface area (TPSA) is 307 Å². The van der Waals surface area contributed by atoms with Crippen LogP contribution in [0.15, 0.2) is 12.2 Å². The first-order valence-corrected chi connectivity index (χ1v) is 34.9. The number of carbonyl (C=O) groups excluding carboxylic acids is 1. The molecule has 3 fully saturated rings. The Balaban J connectivity index is 1.23. The van der Waals surface area contributed by atoms with Crippen LogP contribution in [0.3, 0.4) is 0 Å². The van der Waals surface area contributed by atoms with Gasteiger partial charge in [0, 0.05) is 6.42 Å². The molecule has 0 aromatic heterocycles. The van der Waals surface area contributed by atoms with Crippen molar-refractivity contribution >= 4 is 5.91 Å². The van der Waals surface area contributed by atoms with Crippen molar-refractivity contribution < 1.29 is 89.4 Å². The predicted molar refractivity (Wildman–Crippen MR) is 333 cm³/mol. The molecule has 3 saturated heterocycles. The van der Waals surface area contributed by atoms with Crippen LogP contribution in [0, 0.1) is 0 Å². The van der Waals surface area contributed by atoms with E-state index in [0.717, 1.165) is 44.9 Å². The maximum absolute atomic E-state index is 13.2. The highest BCUT2D eigenvalue weighted by atomic mass is 16.8. The maximum atomic E-state index is 13.2. The number of unbranched alkanes of at least 4 members (excludes halogenated alkanes) is 38. The van der Waals surface area contributed by atoms with Gasteiger partial charge < -0.3 is 89.9 Å². The van der Waals surface area contributed by atoms with E-state index in [1.54, 1.807) is 6.08 Å². The fourth-order valence-electron chi connectivity index (χ4n) is 12.1. The van der Waals surface area contributed by atoms with Crippen molar-refractivity contribution in [1.82, 2.24) is 5.32 Å². The molecule has 3 aliphatic heterocycles. The SMILES string of the molecule is CCCCC/C=C/C(O)C(COC1OC(CO)C(OC2OC(CO)C(OC3OC(CO)C(O)C(O)C3O)C(O)C2O)C(O)C1O)NC(=O)CCCCCCCCCCCCCCCCCCCCCCCCCCCCCCCCCCCCCC. The molecule has 0 aromatic carbocycles. The van der Waals surface area contributed by atoms with Crippen LogP contribution in [0.2, 0.25) is 0 Å². The van der Waals surface area contributed by atoms with Gasteiger partial charge in [0.05, 0.1) is 38.6 Å². The van der Waals surface area contributed by atoms with Crippen LogP contribution in [0.25, 0.3) is 0 Å². The third-order valence-corrected chi connectivity index (χ3v) is 17.8. The van der Waals surface area contributed by atoms with E-state index in [1.807, 2.05) is 6.08 Å².